The smallest absolute Gasteiger partial charge is 0.293 e. The van der Waals surface area contributed by atoms with Crippen LogP contribution < -0.4 is 11.2 Å². The number of likely N-dealkylation sites (tertiary alicyclic amines) is 1. The minimum absolute atomic E-state index is 0.0694. The number of nitrogens with two attached hydrogens (primary N) is 1. The zero-order chi connectivity index (χ0) is 24.4. The van der Waals surface area contributed by atoms with Gasteiger partial charge in [0.05, 0.1) is 11.4 Å². The second-order valence-electron chi connectivity index (χ2n) is 8.78. The molecule has 0 bridgehead atoms. The van der Waals surface area contributed by atoms with Crippen LogP contribution in [0.1, 0.15) is 54.9 Å². The SMILES string of the molecule is C/C(=N\NC(=O)c1nnn(-c2nonc2N)c1CN1CCCC[C@H]1C)c1ccc2ccccc2c1. The number of hydrogen-bond donors (Lipinski definition) is 2. The first-order valence-electron chi connectivity index (χ1n) is 11.6. The molecule has 2 aromatic heterocycles. The molecule has 11 heteroatoms. The van der Waals surface area contributed by atoms with E-state index in [1.807, 2.05) is 43.3 Å². The Morgan fingerprint density at radius 3 is 2.80 bits per heavy atom. The van der Waals surface area contributed by atoms with Crippen LogP contribution in [0.15, 0.2) is 52.2 Å². The molecule has 180 valence electrons. The summed E-state index contributed by atoms with van der Waals surface area (Å²) in [5, 5.41) is 22.3. The van der Waals surface area contributed by atoms with E-state index >= 15 is 0 Å². The largest absolute Gasteiger partial charge is 0.378 e. The number of nitrogens with one attached hydrogen (secondary N) is 1. The van der Waals surface area contributed by atoms with Crippen molar-refractivity contribution in [3.63, 3.8) is 0 Å². The van der Waals surface area contributed by atoms with Gasteiger partial charge in [-0.3, -0.25) is 9.69 Å². The molecule has 4 aromatic rings. The summed E-state index contributed by atoms with van der Waals surface area (Å²) in [5.74, 6) is -0.196. The van der Waals surface area contributed by atoms with Crippen molar-refractivity contribution >= 4 is 28.2 Å². The average Bonchev–Trinajstić information content (AvgIpc) is 3.49. The molecule has 0 radical (unpaired) electrons. The van der Waals surface area contributed by atoms with E-state index in [9.17, 15) is 4.79 Å². The van der Waals surface area contributed by atoms with Gasteiger partial charge < -0.3 is 5.73 Å². The van der Waals surface area contributed by atoms with E-state index in [1.165, 1.54) is 11.1 Å². The molecular formula is C24H27N9O2. The van der Waals surface area contributed by atoms with Crippen molar-refractivity contribution in [3.05, 3.63) is 59.4 Å². The van der Waals surface area contributed by atoms with Gasteiger partial charge in [0.25, 0.3) is 5.91 Å². The summed E-state index contributed by atoms with van der Waals surface area (Å²) in [5.41, 5.74) is 10.8. The van der Waals surface area contributed by atoms with Crippen LogP contribution >= 0.6 is 0 Å². The Hall–Kier alpha value is -4.12. The molecule has 35 heavy (non-hydrogen) atoms. The summed E-state index contributed by atoms with van der Waals surface area (Å²) >= 11 is 0. The molecule has 0 spiro atoms. The van der Waals surface area contributed by atoms with E-state index in [-0.39, 0.29) is 17.3 Å². The number of nitrogens with zero attached hydrogens (tertiary/aromatic N) is 7. The van der Waals surface area contributed by atoms with Gasteiger partial charge in [-0.25, -0.2) is 10.1 Å². The lowest BCUT2D eigenvalue weighted by atomic mass is 10.0. The lowest BCUT2D eigenvalue weighted by Gasteiger charge is -2.33. The summed E-state index contributed by atoms with van der Waals surface area (Å²) in [6.07, 6.45) is 3.37. The predicted molar refractivity (Wildman–Crippen MR) is 131 cm³/mol. The quantitative estimate of drug-likeness (QED) is 0.322. The zero-order valence-electron chi connectivity index (χ0n) is 19.7. The Kier molecular flexibility index (Phi) is 6.23. The van der Waals surface area contributed by atoms with Gasteiger partial charge in [0.15, 0.2) is 5.69 Å². The molecule has 0 saturated carbocycles. The zero-order valence-corrected chi connectivity index (χ0v) is 19.7. The number of hydrazone groups is 1. The van der Waals surface area contributed by atoms with Crippen molar-refractivity contribution in [3.8, 4) is 5.82 Å². The molecule has 1 atom stereocenters. The van der Waals surface area contributed by atoms with E-state index in [0.717, 1.165) is 35.7 Å². The van der Waals surface area contributed by atoms with E-state index in [2.05, 4.69) is 49.0 Å². The first-order valence-corrected chi connectivity index (χ1v) is 11.6. The maximum atomic E-state index is 13.2. The van der Waals surface area contributed by atoms with Gasteiger partial charge in [-0.15, -0.1) is 5.10 Å². The van der Waals surface area contributed by atoms with Crippen molar-refractivity contribution in [1.29, 1.82) is 0 Å². The van der Waals surface area contributed by atoms with Gasteiger partial charge in [-0.2, -0.15) is 9.78 Å². The van der Waals surface area contributed by atoms with Crippen LogP contribution in [0.5, 0.6) is 0 Å². The van der Waals surface area contributed by atoms with Crippen LogP contribution in [0.25, 0.3) is 16.6 Å². The van der Waals surface area contributed by atoms with Crippen LogP contribution in [-0.4, -0.2) is 54.4 Å². The summed E-state index contributed by atoms with van der Waals surface area (Å²) < 4.78 is 6.16. The highest BCUT2D eigenvalue weighted by atomic mass is 16.6. The maximum absolute atomic E-state index is 13.2. The Morgan fingerprint density at radius 2 is 2.03 bits per heavy atom. The molecule has 1 aliphatic heterocycles. The van der Waals surface area contributed by atoms with Crippen molar-refractivity contribution in [2.45, 2.75) is 45.7 Å². The van der Waals surface area contributed by atoms with E-state index in [0.29, 0.717) is 24.0 Å². The van der Waals surface area contributed by atoms with Crippen LogP contribution in [0.2, 0.25) is 0 Å². The Balaban J connectivity index is 1.42. The second kappa shape index (κ2) is 9.63. The normalized spacial score (nSPS) is 17.1. The van der Waals surface area contributed by atoms with Crippen LogP contribution in [-0.2, 0) is 6.54 Å². The van der Waals surface area contributed by atoms with Crippen LogP contribution in [0.3, 0.4) is 0 Å². The number of carbonyl (C=O) groups is 1. The minimum Gasteiger partial charge on any atom is -0.378 e. The summed E-state index contributed by atoms with van der Waals surface area (Å²) in [4.78, 5) is 15.5. The standard InChI is InChI=1S/C24H27N9O2/c1-15-7-5-6-12-32(15)14-20-21(27-31-33(20)23-22(25)29-35-30-23)24(34)28-26-16(2)18-11-10-17-8-3-4-9-19(17)13-18/h3-4,8-11,13,15H,5-7,12,14H2,1-2H3,(H2,25,29)(H,28,34)/b26-16+/t15-/m1/s1. The van der Waals surface area contributed by atoms with Crippen LogP contribution in [0, 0.1) is 0 Å². The number of rotatable bonds is 6. The first kappa shape index (κ1) is 22.7. The Bertz CT molecular complexity index is 1390. The number of piperidine rings is 1. The Morgan fingerprint density at radius 1 is 1.20 bits per heavy atom. The van der Waals surface area contributed by atoms with E-state index in [1.54, 1.807) is 0 Å². The third-order valence-corrected chi connectivity index (χ3v) is 6.46. The third kappa shape index (κ3) is 4.62. The van der Waals surface area contributed by atoms with Gasteiger partial charge in [0.2, 0.25) is 11.6 Å². The molecular weight excluding hydrogens is 446 g/mol. The number of aromatic nitrogens is 5. The number of carbonyl (C=O) groups excluding carboxylic acids is 1. The van der Waals surface area contributed by atoms with Crippen LogP contribution in [0.4, 0.5) is 5.82 Å². The molecule has 5 rings (SSSR count). The highest BCUT2D eigenvalue weighted by Gasteiger charge is 2.28. The first-order chi connectivity index (χ1) is 17.0. The van der Waals surface area contributed by atoms with Crippen molar-refractivity contribution < 1.29 is 9.42 Å². The van der Waals surface area contributed by atoms with Crippen molar-refractivity contribution in [2.75, 3.05) is 12.3 Å². The van der Waals surface area contributed by atoms with Crippen molar-refractivity contribution in [2.24, 2.45) is 5.10 Å². The molecule has 0 aliphatic carbocycles. The van der Waals surface area contributed by atoms with Gasteiger partial charge in [0, 0.05) is 12.6 Å². The molecule has 1 aliphatic rings. The lowest BCUT2D eigenvalue weighted by Crippen LogP contribution is -2.38. The molecule has 0 unspecified atom stereocenters. The fourth-order valence-corrected chi connectivity index (χ4v) is 4.38. The average molecular weight is 474 g/mol. The summed E-state index contributed by atoms with van der Waals surface area (Å²) in [7, 11) is 0. The van der Waals surface area contributed by atoms with Gasteiger partial charge >= 0.3 is 0 Å². The fourth-order valence-electron chi connectivity index (χ4n) is 4.38. The van der Waals surface area contributed by atoms with Gasteiger partial charge in [0.1, 0.15) is 0 Å². The maximum Gasteiger partial charge on any atom is 0.293 e. The lowest BCUT2D eigenvalue weighted by molar-refractivity contribution is 0.0944. The highest BCUT2D eigenvalue weighted by Crippen LogP contribution is 2.23. The number of anilines is 1. The number of nitrogen functional groups attached to an aromatic ring is 1. The van der Waals surface area contributed by atoms with Gasteiger partial charge in [-0.05, 0) is 65.9 Å². The summed E-state index contributed by atoms with van der Waals surface area (Å²) in [6, 6.07) is 14.5. The van der Waals surface area contributed by atoms with E-state index in [4.69, 9.17) is 10.4 Å². The molecule has 2 aromatic carbocycles. The highest BCUT2D eigenvalue weighted by molar-refractivity contribution is 6.03. The number of amides is 1. The molecule has 1 fully saturated rings. The number of hydrogen-bond acceptors (Lipinski definition) is 9. The predicted octanol–water partition coefficient (Wildman–Crippen LogP) is 2.91. The second-order valence-corrected chi connectivity index (χ2v) is 8.78. The fraction of sp³-hybridized carbons (Fsp3) is 0.333. The third-order valence-electron chi connectivity index (χ3n) is 6.46. The van der Waals surface area contributed by atoms with Gasteiger partial charge in [-0.1, -0.05) is 48.0 Å². The number of fused-ring (bicyclic) bond motifs is 1. The monoisotopic (exact) mass is 473 g/mol. The molecule has 3 heterocycles. The van der Waals surface area contributed by atoms with Crippen molar-refractivity contribution in [1.82, 2.24) is 35.6 Å². The number of benzene rings is 2. The molecule has 3 N–H and O–H groups in total. The molecule has 1 amide bonds. The molecule has 1 saturated heterocycles. The van der Waals surface area contributed by atoms with E-state index < -0.39 is 5.91 Å². The Labute approximate surface area is 201 Å². The topological polar surface area (TPSA) is 140 Å². The summed E-state index contributed by atoms with van der Waals surface area (Å²) in [6.45, 7) is 5.39. The molecule has 11 nitrogen and oxygen atoms in total. The minimum atomic E-state index is -0.467.